The summed E-state index contributed by atoms with van der Waals surface area (Å²) in [5, 5.41) is 3.82. The minimum absolute atomic E-state index is 0.177. The van der Waals surface area contributed by atoms with Gasteiger partial charge in [0.1, 0.15) is 0 Å². The zero-order valence-electron chi connectivity index (χ0n) is 15.4. The molecule has 1 aliphatic rings. The van der Waals surface area contributed by atoms with Gasteiger partial charge in [-0.25, -0.2) is 4.98 Å². The molecule has 0 saturated heterocycles. The second kappa shape index (κ2) is 6.38. The lowest BCUT2D eigenvalue weighted by molar-refractivity contribution is 0.102. The van der Waals surface area contributed by atoms with E-state index in [1.54, 1.807) is 35.6 Å². The van der Waals surface area contributed by atoms with Crippen LogP contribution in [0.25, 0.3) is 15.3 Å². The highest BCUT2D eigenvalue weighted by molar-refractivity contribution is 7.20. The number of anilines is 1. The van der Waals surface area contributed by atoms with Crippen LogP contribution in [0, 0.1) is 13.8 Å². The molecule has 1 N–H and O–H groups in total. The second-order valence-electron chi connectivity index (χ2n) is 6.65. The number of nitrogens with zero attached hydrogens (tertiary/aromatic N) is 2. The molecule has 0 bridgehead atoms. The van der Waals surface area contributed by atoms with E-state index in [-0.39, 0.29) is 12.7 Å². The van der Waals surface area contributed by atoms with Gasteiger partial charge >= 0.3 is 0 Å². The molecule has 6 nitrogen and oxygen atoms in total. The van der Waals surface area contributed by atoms with E-state index in [4.69, 9.17) is 14.5 Å². The number of fused-ring (bicyclic) bond motifs is 2. The van der Waals surface area contributed by atoms with E-state index in [0.717, 1.165) is 26.7 Å². The van der Waals surface area contributed by atoms with Gasteiger partial charge in [-0.1, -0.05) is 11.3 Å². The Balaban J connectivity index is 1.44. The maximum absolute atomic E-state index is 12.7. The highest BCUT2D eigenvalue weighted by atomic mass is 32.1. The first-order valence-corrected chi connectivity index (χ1v) is 9.67. The number of amides is 1. The van der Waals surface area contributed by atoms with Crippen LogP contribution in [0.15, 0.2) is 48.5 Å². The van der Waals surface area contributed by atoms with Crippen molar-refractivity contribution >= 4 is 33.1 Å². The summed E-state index contributed by atoms with van der Waals surface area (Å²) in [4.78, 5) is 17.4. The number of benzene rings is 2. The molecule has 1 amide bonds. The summed E-state index contributed by atoms with van der Waals surface area (Å²) >= 11 is 1.57. The molecule has 5 rings (SSSR count). The van der Waals surface area contributed by atoms with E-state index < -0.39 is 0 Å². The van der Waals surface area contributed by atoms with Crippen LogP contribution in [0.4, 0.5) is 5.69 Å². The highest BCUT2D eigenvalue weighted by Crippen LogP contribution is 2.34. The smallest absolute Gasteiger partial charge is 0.255 e. The summed E-state index contributed by atoms with van der Waals surface area (Å²) in [5.41, 5.74) is 4.40. The lowest BCUT2D eigenvalue weighted by Gasteiger charge is -2.06. The Bertz CT molecular complexity index is 1210. The largest absolute Gasteiger partial charge is 0.454 e. The fourth-order valence-electron chi connectivity index (χ4n) is 3.30. The molecular weight excluding hydrogens is 374 g/mol. The monoisotopic (exact) mass is 391 g/mol. The number of hydrogen-bond acceptors (Lipinski definition) is 5. The third-order valence-corrected chi connectivity index (χ3v) is 5.74. The number of ether oxygens (including phenoxy) is 2. The Morgan fingerprint density at radius 3 is 2.64 bits per heavy atom. The van der Waals surface area contributed by atoms with Crippen molar-refractivity contribution < 1.29 is 14.3 Å². The quantitative estimate of drug-likeness (QED) is 0.550. The number of carbonyl (C=O) groups is 1. The van der Waals surface area contributed by atoms with Crippen molar-refractivity contribution in [3.63, 3.8) is 0 Å². The normalized spacial score (nSPS) is 12.5. The van der Waals surface area contributed by atoms with Crippen LogP contribution in [0.1, 0.15) is 21.7 Å². The molecule has 2 aromatic carbocycles. The predicted molar refractivity (Wildman–Crippen MR) is 109 cm³/mol. The molecule has 0 fully saturated rings. The van der Waals surface area contributed by atoms with Crippen molar-refractivity contribution in [3.05, 3.63) is 65.5 Å². The lowest BCUT2D eigenvalue weighted by atomic mass is 10.2. The number of thiazole rings is 1. The predicted octanol–water partition coefficient (Wildman–Crippen LogP) is 4.68. The number of aryl methyl sites for hydroxylation is 2. The molecule has 140 valence electrons. The Morgan fingerprint density at radius 1 is 1.04 bits per heavy atom. The number of nitrogens with one attached hydrogen (secondary N) is 1. The first kappa shape index (κ1) is 16.8. The SMILES string of the molecule is Cc1ccc(C)n1-c1nc2ccc(C(=O)Nc3ccc4c(c3)OCO4)cc2s1. The van der Waals surface area contributed by atoms with Gasteiger partial charge in [0.2, 0.25) is 6.79 Å². The molecule has 4 aromatic rings. The minimum atomic E-state index is -0.177. The summed E-state index contributed by atoms with van der Waals surface area (Å²) < 4.78 is 13.8. The van der Waals surface area contributed by atoms with Gasteiger partial charge in [-0.3, -0.25) is 9.36 Å². The van der Waals surface area contributed by atoms with Crippen molar-refractivity contribution in [3.8, 4) is 16.6 Å². The summed E-state index contributed by atoms with van der Waals surface area (Å²) in [6.45, 7) is 4.32. The maximum atomic E-state index is 12.7. The van der Waals surface area contributed by atoms with Crippen LogP contribution in [0.5, 0.6) is 11.5 Å². The van der Waals surface area contributed by atoms with E-state index in [1.165, 1.54) is 0 Å². The lowest BCUT2D eigenvalue weighted by Crippen LogP contribution is -2.11. The van der Waals surface area contributed by atoms with Crippen LogP contribution in [0.2, 0.25) is 0 Å². The standard InChI is InChI=1S/C21H17N3O3S/c1-12-3-4-13(2)24(12)21-23-16-7-5-14(9-19(16)28-21)20(25)22-15-6-8-17-18(10-15)27-11-26-17/h3-10H,11H2,1-2H3,(H,22,25). The number of carbonyl (C=O) groups excluding carboxylic acids is 1. The van der Waals surface area contributed by atoms with Crippen molar-refractivity contribution in [2.45, 2.75) is 13.8 Å². The molecule has 0 unspecified atom stereocenters. The molecular formula is C21H17N3O3S. The average molecular weight is 391 g/mol. The molecule has 28 heavy (non-hydrogen) atoms. The molecule has 3 heterocycles. The van der Waals surface area contributed by atoms with Crippen molar-refractivity contribution in [2.75, 3.05) is 12.1 Å². The first-order chi connectivity index (χ1) is 13.6. The van der Waals surface area contributed by atoms with Gasteiger partial charge in [-0.2, -0.15) is 0 Å². The van der Waals surface area contributed by atoms with Crippen LogP contribution in [-0.4, -0.2) is 22.3 Å². The zero-order valence-corrected chi connectivity index (χ0v) is 16.2. The van der Waals surface area contributed by atoms with Crippen molar-refractivity contribution in [1.82, 2.24) is 9.55 Å². The molecule has 2 aromatic heterocycles. The first-order valence-electron chi connectivity index (χ1n) is 8.85. The van der Waals surface area contributed by atoms with Crippen LogP contribution >= 0.6 is 11.3 Å². The Kier molecular flexibility index (Phi) is 3.84. The second-order valence-corrected chi connectivity index (χ2v) is 7.66. The fourth-order valence-corrected chi connectivity index (χ4v) is 4.42. The van der Waals surface area contributed by atoms with Crippen molar-refractivity contribution in [2.24, 2.45) is 0 Å². The summed E-state index contributed by atoms with van der Waals surface area (Å²) in [7, 11) is 0. The maximum Gasteiger partial charge on any atom is 0.255 e. The number of aromatic nitrogens is 2. The molecule has 0 saturated carbocycles. The highest BCUT2D eigenvalue weighted by Gasteiger charge is 2.16. The fraction of sp³-hybridized carbons (Fsp3) is 0.143. The van der Waals surface area contributed by atoms with Crippen LogP contribution in [-0.2, 0) is 0 Å². The number of hydrogen-bond donors (Lipinski definition) is 1. The van der Waals surface area contributed by atoms with E-state index in [2.05, 4.69) is 35.9 Å². The van der Waals surface area contributed by atoms with Gasteiger partial charge in [0.15, 0.2) is 16.6 Å². The third kappa shape index (κ3) is 2.80. The van der Waals surface area contributed by atoms with Gasteiger partial charge < -0.3 is 14.8 Å². The minimum Gasteiger partial charge on any atom is -0.454 e. The summed E-state index contributed by atoms with van der Waals surface area (Å²) in [5.74, 6) is 1.15. The molecule has 0 aliphatic carbocycles. The number of rotatable bonds is 3. The molecule has 1 aliphatic heterocycles. The molecule has 7 heteroatoms. The molecule has 0 spiro atoms. The average Bonchev–Trinajstić information content (AvgIpc) is 3.38. The van der Waals surface area contributed by atoms with E-state index >= 15 is 0 Å². The van der Waals surface area contributed by atoms with Gasteiger partial charge in [0.05, 0.1) is 10.2 Å². The summed E-state index contributed by atoms with van der Waals surface area (Å²) in [6.07, 6.45) is 0. The molecule has 0 radical (unpaired) electrons. The Labute approximate surface area is 165 Å². The van der Waals surface area contributed by atoms with Crippen LogP contribution in [0.3, 0.4) is 0 Å². The van der Waals surface area contributed by atoms with Gasteiger partial charge in [-0.15, -0.1) is 0 Å². The van der Waals surface area contributed by atoms with E-state index in [1.807, 2.05) is 12.1 Å². The Hall–Kier alpha value is -3.32. The Morgan fingerprint density at radius 2 is 1.82 bits per heavy atom. The van der Waals surface area contributed by atoms with E-state index in [9.17, 15) is 4.79 Å². The van der Waals surface area contributed by atoms with Gasteiger partial charge in [0, 0.05) is 28.7 Å². The topological polar surface area (TPSA) is 65.4 Å². The molecule has 0 atom stereocenters. The van der Waals surface area contributed by atoms with Crippen molar-refractivity contribution in [1.29, 1.82) is 0 Å². The third-order valence-electron chi connectivity index (χ3n) is 4.73. The summed E-state index contributed by atoms with van der Waals surface area (Å²) in [6, 6.07) is 15.1. The van der Waals surface area contributed by atoms with Crippen LogP contribution < -0.4 is 14.8 Å². The van der Waals surface area contributed by atoms with Gasteiger partial charge in [-0.05, 0) is 56.3 Å². The zero-order chi connectivity index (χ0) is 19.3. The van der Waals surface area contributed by atoms with E-state index in [0.29, 0.717) is 22.7 Å². The van der Waals surface area contributed by atoms with Gasteiger partial charge in [0.25, 0.3) is 5.91 Å².